The van der Waals surface area contributed by atoms with E-state index in [-0.39, 0.29) is 11.9 Å². The van der Waals surface area contributed by atoms with Crippen LogP contribution in [-0.2, 0) is 6.42 Å². The average molecular weight is 316 g/mol. The minimum Gasteiger partial charge on any atom is -0.321 e. The summed E-state index contributed by atoms with van der Waals surface area (Å²) in [5.41, 5.74) is 3.05. The molecule has 0 radical (unpaired) electrons. The van der Waals surface area contributed by atoms with Crippen molar-refractivity contribution in [2.24, 2.45) is 0 Å². The fourth-order valence-corrected chi connectivity index (χ4v) is 2.50. The summed E-state index contributed by atoms with van der Waals surface area (Å²) in [6.45, 7) is 4.51. The van der Waals surface area contributed by atoms with Gasteiger partial charge in [-0.3, -0.25) is 9.89 Å². The Labute approximate surface area is 134 Å². The van der Waals surface area contributed by atoms with Gasteiger partial charge >= 0.3 is 0 Å². The Hall–Kier alpha value is -2.21. The van der Waals surface area contributed by atoms with Crippen molar-refractivity contribution in [2.45, 2.75) is 38.4 Å². The number of carbonyl (C=O) groups excluding carboxylic acids is 1. The number of anilines is 1. The largest absolute Gasteiger partial charge is 0.321 e. The van der Waals surface area contributed by atoms with Gasteiger partial charge in [-0.1, -0.05) is 26.0 Å². The molecule has 2 unspecified atom stereocenters. The van der Waals surface area contributed by atoms with Crippen molar-refractivity contribution in [1.82, 2.24) is 15.5 Å². The van der Waals surface area contributed by atoms with E-state index in [0.29, 0.717) is 30.3 Å². The Bertz CT molecular complexity index is 680. The van der Waals surface area contributed by atoms with Crippen molar-refractivity contribution in [3.63, 3.8) is 0 Å². The summed E-state index contributed by atoms with van der Waals surface area (Å²) in [6, 6.07) is 9.15. The number of amides is 1. The molecular formula is C17H21FN4O. The van der Waals surface area contributed by atoms with Crippen molar-refractivity contribution in [1.29, 1.82) is 0 Å². The maximum Gasteiger partial charge on any atom is 0.276 e. The molecular weight excluding hydrogens is 295 g/mol. The maximum atomic E-state index is 13.2. The van der Waals surface area contributed by atoms with Gasteiger partial charge in [0.15, 0.2) is 5.69 Å². The standard InChI is InChI=1S/C17H21FN4O/c1-10(2)14-8-16(22-21-14)17(23)20-12-5-3-11(4-6-12)7-15-13(18)9-19-15/h3-6,8,10,13,15,19H,7,9H2,1-2H3,(H,20,23)(H,21,22). The quantitative estimate of drug-likeness (QED) is 0.794. The first-order valence-electron chi connectivity index (χ1n) is 7.86. The summed E-state index contributed by atoms with van der Waals surface area (Å²) in [5, 5.41) is 12.8. The molecule has 1 aromatic heterocycles. The third-order valence-electron chi connectivity index (χ3n) is 4.13. The summed E-state index contributed by atoms with van der Waals surface area (Å²) in [4.78, 5) is 12.2. The normalized spacial score (nSPS) is 20.3. The summed E-state index contributed by atoms with van der Waals surface area (Å²) in [7, 11) is 0. The highest BCUT2D eigenvalue weighted by Crippen LogP contribution is 2.18. The molecule has 2 heterocycles. The molecule has 1 aromatic carbocycles. The Morgan fingerprint density at radius 3 is 2.65 bits per heavy atom. The third-order valence-corrected chi connectivity index (χ3v) is 4.13. The van der Waals surface area contributed by atoms with Gasteiger partial charge in [-0.05, 0) is 36.1 Å². The number of benzene rings is 1. The Kier molecular flexibility index (Phi) is 4.43. The van der Waals surface area contributed by atoms with E-state index in [1.807, 2.05) is 38.1 Å². The van der Waals surface area contributed by atoms with E-state index in [2.05, 4.69) is 20.8 Å². The highest BCUT2D eigenvalue weighted by molar-refractivity contribution is 6.02. The topological polar surface area (TPSA) is 69.8 Å². The van der Waals surface area contributed by atoms with Crippen LogP contribution in [0.1, 0.15) is 41.5 Å². The van der Waals surface area contributed by atoms with E-state index < -0.39 is 6.17 Å². The Morgan fingerprint density at radius 1 is 1.39 bits per heavy atom. The molecule has 1 amide bonds. The second kappa shape index (κ2) is 6.50. The van der Waals surface area contributed by atoms with Crippen LogP contribution < -0.4 is 10.6 Å². The summed E-state index contributed by atoms with van der Waals surface area (Å²) < 4.78 is 13.2. The number of alkyl halides is 1. The fraction of sp³-hybridized carbons (Fsp3) is 0.412. The zero-order chi connectivity index (χ0) is 16.4. The van der Waals surface area contributed by atoms with Gasteiger partial charge < -0.3 is 10.6 Å². The number of hydrogen-bond donors (Lipinski definition) is 3. The lowest BCUT2D eigenvalue weighted by Gasteiger charge is -2.32. The molecule has 122 valence electrons. The molecule has 3 N–H and O–H groups in total. The molecule has 0 saturated carbocycles. The molecule has 1 aliphatic rings. The van der Waals surface area contributed by atoms with Gasteiger partial charge in [0.25, 0.3) is 5.91 Å². The molecule has 2 atom stereocenters. The van der Waals surface area contributed by atoms with Crippen LogP contribution in [0.4, 0.5) is 10.1 Å². The maximum absolute atomic E-state index is 13.2. The highest BCUT2D eigenvalue weighted by atomic mass is 19.1. The van der Waals surface area contributed by atoms with Crippen LogP contribution in [0.3, 0.4) is 0 Å². The van der Waals surface area contributed by atoms with Crippen molar-refractivity contribution in [3.8, 4) is 0 Å². The number of hydrogen-bond acceptors (Lipinski definition) is 3. The molecule has 3 rings (SSSR count). The molecule has 5 nitrogen and oxygen atoms in total. The van der Waals surface area contributed by atoms with Crippen molar-refractivity contribution < 1.29 is 9.18 Å². The molecule has 23 heavy (non-hydrogen) atoms. The second-order valence-electron chi connectivity index (χ2n) is 6.25. The molecule has 0 aliphatic carbocycles. The van der Waals surface area contributed by atoms with E-state index in [0.717, 1.165) is 11.3 Å². The molecule has 0 spiro atoms. The molecule has 1 fully saturated rings. The summed E-state index contributed by atoms with van der Waals surface area (Å²) >= 11 is 0. The third kappa shape index (κ3) is 3.59. The number of halogens is 1. The molecule has 2 aromatic rings. The molecule has 0 bridgehead atoms. The van der Waals surface area contributed by atoms with Crippen LogP contribution in [0.15, 0.2) is 30.3 Å². The Balaban J connectivity index is 1.59. The zero-order valence-corrected chi connectivity index (χ0v) is 13.3. The van der Waals surface area contributed by atoms with Crippen LogP contribution >= 0.6 is 0 Å². The first-order chi connectivity index (χ1) is 11.0. The number of aromatic amines is 1. The average Bonchev–Trinajstić information content (AvgIpc) is 3.03. The second-order valence-corrected chi connectivity index (χ2v) is 6.25. The van der Waals surface area contributed by atoms with Crippen molar-refractivity contribution in [2.75, 3.05) is 11.9 Å². The van der Waals surface area contributed by atoms with Crippen molar-refractivity contribution >= 4 is 11.6 Å². The first kappa shape index (κ1) is 15.7. The van der Waals surface area contributed by atoms with Gasteiger partial charge in [-0.2, -0.15) is 5.10 Å². The number of nitrogens with one attached hydrogen (secondary N) is 3. The number of nitrogens with zero attached hydrogens (tertiary/aromatic N) is 1. The van der Waals surface area contributed by atoms with Crippen LogP contribution in [-0.4, -0.2) is 34.9 Å². The minimum atomic E-state index is -0.760. The highest BCUT2D eigenvalue weighted by Gasteiger charge is 2.29. The minimum absolute atomic E-state index is 0.0889. The van der Waals surface area contributed by atoms with Crippen LogP contribution in [0.2, 0.25) is 0 Å². The van der Waals surface area contributed by atoms with E-state index in [1.165, 1.54) is 0 Å². The van der Waals surface area contributed by atoms with E-state index in [4.69, 9.17) is 0 Å². The van der Waals surface area contributed by atoms with E-state index in [1.54, 1.807) is 6.07 Å². The first-order valence-corrected chi connectivity index (χ1v) is 7.86. The van der Waals surface area contributed by atoms with E-state index >= 15 is 0 Å². The lowest BCUT2D eigenvalue weighted by molar-refractivity contribution is 0.102. The van der Waals surface area contributed by atoms with Gasteiger partial charge in [0, 0.05) is 24.0 Å². The number of H-pyrrole nitrogens is 1. The number of aromatic nitrogens is 2. The predicted molar refractivity (Wildman–Crippen MR) is 87.5 cm³/mol. The SMILES string of the molecule is CC(C)c1cc(C(=O)Nc2ccc(CC3NCC3F)cc2)n[nH]1. The number of carbonyl (C=O) groups is 1. The number of rotatable bonds is 5. The van der Waals surface area contributed by atoms with Gasteiger partial charge in [-0.25, -0.2) is 4.39 Å². The molecule has 1 saturated heterocycles. The van der Waals surface area contributed by atoms with Crippen LogP contribution in [0.5, 0.6) is 0 Å². The zero-order valence-electron chi connectivity index (χ0n) is 13.3. The lowest BCUT2D eigenvalue weighted by atomic mass is 9.96. The molecule has 1 aliphatic heterocycles. The molecule has 6 heteroatoms. The lowest BCUT2D eigenvalue weighted by Crippen LogP contribution is -2.55. The fourth-order valence-electron chi connectivity index (χ4n) is 2.50. The van der Waals surface area contributed by atoms with E-state index in [9.17, 15) is 9.18 Å². The van der Waals surface area contributed by atoms with Crippen LogP contribution in [0, 0.1) is 0 Å². The Morgan fingerprint density at radius 2 is 2.13 bits per heavy atom. The van der Waals surface area contributed by atoms with Gasteiger partial charge in [0.05, 0.1) is 0 Å². The predicted octanol–water partition coefficient (Wildman–Crippen LogP) is 2.64. The van der Waals surface area contributed by atoms with Crippen LogP contribution in [0.25, 0.3) is 0 Å². The van der Waals surface area contributed by atoms with Crippen molar-refractivity contribution in [3.05, 3.63) is 47.3 Å². The summed E-state index contributed by atoms with van der Waals surface area (Å²) in [6.07, 6.45) is -0.101. The monoisotopic (exact) mass is 316 g/mol. The summed E-state index contributed by atoms with van der Waals surface area (Å²) in [5.74, 6) is 0.0492. The van der Waals surface area contributed by atoms with Gasteiger partial charge in [-0.15, -0.1) is 0 Å². The smallest absolute Gasteiger partial charge is 0.276 e. The van der Waals surface area contributed by atoms with Gasteiger partial charge in [0.2, 0.25) is 0 Å². The van der Waals surface area contributed by atoms with Gasteiger partial charge in [0.1, 0.15) is 6.17 Å².